The molecule has 0 saturated carbocycles. The summed E-state index contributed by atoms with van der Waals surface area (Å²) >= 11 is 0. The Morgan fingerprint density at radius 3 is 2.62 bits per heavy atom. The summed E-state index contributed by atoms with van der Waals surface area (Å²) < 4.78 is 27.6. The smallest absolute Gasteiger partial charge is 0.264 e. The van der Waals surface area contributed by atoms with E-state index in [4.69, 9.17) is 0 Å². The highest BCUT2D eigenvalue weighted by molar-refractivity contribution is 7.85. The van der Waals surface area contributed by atoms with Crippen molar-refractivity contribution in [1.29, 1.82) is 0 Å². The highest BCUT2D eigenvalue weighted by Gasteiger charge is 2.07. The lowest BCUT2D eigenvalue weighted by atomic mass is 10.3. The van der Waals surface area contributed by atoms with Gasteiger partial charge in [-0.15, -0.1) is 0 Å². The monoisotopic (exact) mass is 204 g/mol. The molecule has 5 nitrogen and oxygen atoms in total. The van der Waals surface area contributed by atoms with E-state index in [0.29, 0.717) is 0 Å². The molecule has 0 aliphatic carbocycles. The molecule has 1 aromatic heterocycles. The zero-order valence-electron chi connectivity index (χ0n) is 7.81. The van der Waals surface area contributed by atoms with Crippen molar-refractivity contribution in [3.05, 3.63) is 17.5 Å². The summed E-state index contributed by atoms with van der Waals surface area (Å²) in [5, 5.41) is 3.96. The van der Waals surface area contributed by atoms with Gasteiger partial charge in [-0.05, 0) is 6.92 Å². The number of rotatable bonds is 3. The molecule has 0 bridgehead atoms. The van der Waals surface area contributed by atoms with Crippen LogP contribution in [0, 0.1) is 6.92 Å². The van der Waals surface area contributed by atoms with E-state index in [1.165, 1.54) is 0 Å². The van der Waals surface area contributed by atoms with Gasteiger partial charge in [0, 0.05) is 18.3 Å². The summed E-state index contributed by atoms with van der Waals surface area (Å²) in [4.78, 5) is 0. The lowest BCUT2D eigenvalue weighted by molar-refractivity contribution is 0.311. The van der Waals surface area contributed by atoms with Crippen LogP contribution in [-0.2, 0) is 28.0 Å². The predicted octanol–water partition coefficient (Wildman–Crippen LogP) is 0.205. The van der Waals surface area contributed by atoms with E-state index in [9.17, 15) is 8.42 Å². The molecule has 0 fully saturated rings. The molecule has 0 spiro atoms. The van der Waals surface area contributed by atoms with E-state index < -0.39 is 10.1 Å². The molecule has 0 aromatic carbocycles. The Labute approximate surface area is 77.4 Å². The SMILES string of the molecule is Cc1c(COS(C)(=O)=O)cnn1C. The Morgan fingerprint density at radius 1 is 1.62 bits per heavy atom. The van der Waals surface area contributed by atoms with Crippen molar-refractivity contribution in [3.63, 3.8) is 0 Å². The average Bonchev–Trinajstić information content (AvgIpc) is 2.29. The third kappa shape index (κ3) is 2.82. The molecule has 0 radical (unpaired) electrons. The van der Waals surface area contributed by atoms with E-state index >= 15 is 0 Å². The fraction of sp³-hybridized carbons (Fsp3) is 0.571. The highest BCUT2D eigenvalue weighted by Crippen LogP contribution is 2.08. The summed E-state index contributed by atoms with van der Waals surface area (Å²) in [6.45, 7) is 1.91. The minimum atomic E-state index is -3.37. The summed E-state index contributed by atoms with van der Waals surface area (Å²) in [5.74, 6) is 0. The lowest BCUT2D eigenvalue weighted by Crippen LogP contribution is -2.03. The van der Waals surface area contributed by atoms with E-state index in [1.54, 1.807) is 17.9 Å². The number of nitrogens with zero attached hydrogens (tertiary/aromatic N) is 2. The molecule has 6 heteroatoms. The first-order valence-corrected chi connectivity index (χ1v) is 5.53. The molecule has 13 heavy (non-hydrogen) atoms. The Morgan fingerprint density at radius 2 is 2.23 bits per heavy atom. The molecule has 0 aliphatic rings. The van der Waals surface area contributed by atoms with E-state index in [1.807, 2.05) is 6.92 Å². The third-order valence-electron chi connectivity index (χ3n) is 1.77. The first-order valence-electron chi connectivity index (χ1n) is 3.72. The molecule has 0 N–H and O–H groups in total. The third-order valence-corrected chi connectivity index (χ3v) is 2.31. The van der Waals surface area contributed by atoms with Crippen molar-refractivity contribution < 1.29 is 12.6 Å². The van der Waals surface area contributed by atoms with Crippen molar-refractivity contribution in [3.8, 4) is 0 Å². The molecule has 0 aliphatic heterocycles. The minimum Gasteiger partial charge on any atom is -0.273 e. The van der Waals surface area contributed by atoms with Gasteiger partial charge in [-0.3, -0.25) is 8.86 Å². The maximum Gasteiger partial charge on any atom is 0.264 e. The molecule has 1 aromatic rings. The van der Waals surface area contributed by atoms with Gasteiger partial charge in [-0.2, -0.15) is 13.5 Å². The summed E-state index contributed by atoms with van der Waals surface area (Å²) in [6.07, 6.45) is 2.62. The zero-order chi connectivity index (χ0) is 10.1. The van der Waals surface area contributed by atoms with Crippen molar-refractivity contribution >= 4 is 10.1 Å². The predicted molar refractivity (Wildman–Crippen MR) is 47.6 cm³/mol. The zero-order valence-corrected chi connectivity index (χ0v) is 8.63. The number of aromatic nitrogens is 2. The number of hydrogen-bond acceptors (Lipinski definition) is 4. The number of hydrogen-bond donors (Lipinski definition) is 0. The topological polar surface area (TPSA) is 61.2 Å². The Hall–Kier alpha value is -0.880. The van der Waals surface area contributed by atoms with E-state index in [-0.39, 0.29) is 6.61 Å². The standard InChI is InChI=1S/C7H12N2O3S/c1-6-7(4-8-9(6)2)5-12-13(3,10)11/h4H,5H2,1-3H3. The molecule has 1 heterocycles. The van der Waals surface area contributed by atoms with Crippen LogP contribution in [0.15, 0.2) is 6.20 Å². The number of aryl methyl sites for hydroxylation is 1. The van der Waals surface area contributed by atoms with Crippen LogP contribution in [0.5, 0.6) is 0 Å². The molecule has 0 atom stereocenters. The van der Waals surface area contributed by atoms with Crippen LogP contribution in [0.1, 0.15) is 11.3 Å². The minimum absolute atomic E-state index is 0.0541. The lowest BCUT2D eigenvalue weighted by Gasteiger charge is -2.00. The Balaban J connectivity index is 2.71. The van der Waals surface area contributed by atoms with Crippen molar-refractivity contribution in [1.82, 2.24) is 9.78 Å². The van der Waals surface area contributed by atoms with Crippen LogP contribution in [0.2, 0.25) is 0 Å². The van der Waals surface area contributed by atoms with Gasteiger partial charge >= 0.3 is 0 Å². The van der Waals surface area contributed by atoms with Crippen molar-refractivity contribution in [2.45, 2.75) is 13.5 Å². The average molecular weight is 204 g/mol. The van der Waals surface area contributed by atoms with E-state index in [0.717, 1.165) is 17.5 Å². The Bertz CT molecular complexity index is 394. The van der Waals surface area contributed by atoms with Crippen molar-refractivity contribution in [2.75, 3.05) is 6.26 Å². The van der Waals surface area contributed by atoms with Gasteiger partial charge in [0.2, 0.25) is 0 Å². The molecule has 0 saturated heterocycles. The molecule has 0 unspecified atom stereocenters. The second kappa shape index (κ2) is 3.47. The van der Waals surface area contributed by atoms with Gasteiger partial charge < -0.3 is 0 Å². The van der Waals surface area contributed by atoms with Crippen LogP contribution >= 0.6 is 0 Å². The second-order valence-corrected chi connectivity index (χ2v) is 4.49. The maximum absolute atomic E-state index is 10.7. The first-order chi connectivity index (χ1) is 5.90. The molecule has 74 valence electrons. The van der Waals surface area contributed by atoms with Gasteiger partial charge in [-0.25, -0.2) is 0 Å². The van der Waals surface area contributed by atoms with Crippen LogP contribution in [0.4, 0.5) is 0 Å². The van der Waals surface area contributed by atoms with Crippen LogP contribution in [0.25, 0.3) is 0 Å². The van der Waals surface area contributed by atoms with Crippen LogP contribution in [0.3, 0.4) is 0 Å². The second-order valence-electron chi connectivity index (χ2n) is 2.85. The van der Waals surface area contributed by atoms with Gasteiger partial charge in [0.15, 0.2) is 0 Å². The van der Waals surface area contributed by atoms with E-state index in [2.05, 4.69) is 9.28 Å². The van der Waals surface area contributed by atoms with Gasteiger partial charge in [0.1, 0.15) is 0 Å². The van der Waals surface area contributed by atoms with Gasteiger partial charge in [0.25, 0.3) is 10.1 Å². The summed E-state index contributed by atoms with van der Waals surface area (Å²) in [6, 6.07) is 0. The van der Waals surface area contributed by atoms with Crippen LogP contribution < -0.4 is 0 Å². The molecular formula is C7H12N2O3S. The first kappa shape index (κ1) is 10.2. The van der Waals surface area contributed by atoms with Gasteiger partial charge in [0.05, 0.1) is 19.1 Å². The quantitative estimate of drug-likeness (QED) is 0.660. The summed E-state index contributed by atoms with van der Waals surface area (Å²) in [7, 11) is -1.58. The molecule has 1 rings (SSSR count). The van der Waals surface area contributed by atoms with Crippen LogP contribution in [-0.4, -0.2) is 24.5 Å². The highest BCUT2D eigenvalue weighted by atomic mass is 32.2. The van der Waals surface area contributed by atoms with Crippen molar-refractivity contribution in [2.24, 2.45) is 7.05 Å². The molecule has 0 amide bonds. The fourth-order valence-corrected chi connectivity index (χ4v) is 1.20. The Kier molecular flexibility index (Phi) is 2.72. The maximum atomic E-state index is 10.7. The molecular weight excluding hydrogens is 192 g/mol. The summed E-state index contributed by atoms with van der Waals surface area (Å²) in [5.41, 5.74) is 1.69. The normalized spacial score (nSPS) is 11.9. The largest absolute Gasteiger partial charge is 0.273 e. The van der Waals surface area contributed by atoms with Gasteiger partial charge in [-0.1, -0.05) is 0 Å². The fourth-order valence-electron chi connectivity index (χ4n) is 0.856.